The third-order valence-corrected chi connectivity index (χ3v) is 6.53. The summed E-state index contributed by atoms with van der Waals surface area (Å²) in [5.74, 6) is -2.60. The van der Waals surface area contributed by atoms with Crippen molar-refractivity contribution in [2.24, 2.45) is 5.73 Å². The molecule has 0 aliphatic carbocycles. The molecule has 11 nitrogen and oxygen atoms in total. The average molecular weight is 488 g/mol. The first kappa shape index (κ1) is 28.8. The molecule has 0 bridgehead atoms. The molecule has 0 heterocycles. The summed E-state index contributed by atoms with van der Waals surface area (Å²) in [5.41, 5.74) is 5.33. The van der Waals surface area contributed by atoms with Crippen LogP contribution in [0.3, 0.4) is 0 Å². The van der Waals surface area contributed by atoms with E-state index in [2.05, 4.69) is 23.3 Å². The van der Waals surface area contributed by atoms with E-state index in [-0.39, 0.29) is 43.7 Å². The molecule has 8 N–H and O–H groups in total. The number of nitrogens with two attached hydrogens (primary N) is 1. The Kier molecular flexibility index (Phi) is 15.8. The Bertz CT molecular complexity index is 570. The van der Waals surface area contributed by atoms with E-state index in [1.165, 1.54) is 21.6 Å². The number of rotatable bonds is 17. The van der Waals surface area contributed by atoms with Crippen LogP contribution in [0.25, 0.3) is 0 Å². The van der Waals surface area contributed by atoms with Gasteiger partial charge in [0, 0.05) is 36.6 Å². The number of nitrogens with one attached hydrogen (secondary N) is 2. The molecule has 0 aliphatic rings. The van der Waals surface area contributed by atoms with Crippen LogP contribution in [0.4, 0.5) is 0 Å². The summed E-state index contributed by atoms with van der Waals surface area (Å²) in [4.78, 5) is 45.7. The molecule has 0 saturated carbocycles. The molecule has 0 rings (SSSR count). The lowest BCUT2D eigenvalue weighted by Gasteiger charge is -2.18. The summed E-state index contributed by atoms with van der Waals surface area (Å²) in [5, 5.41) is 41.5. The quantitative estimate of drug-likeness (QED) is 0.0687. The predicted molar refractivity (Wildman–Crippen MR) is 117 cm³/mol. The van der Waals surface area contributed by atoms with Crippen LogP contribution in [-0.4, -0.2) is 92.3 Å². The number of hydrogen-bond donors (Lipinski definition) is 8. The van der Waals surface area contributed by atoms with Crippen molar-refractivity contribution in [3.8, 4) is 0 Å². The first-order valence-electron chi connectivity index (χ1n) is 9.07. The fourth-order valence-corrected chi connectivity index (χ4v) is 4.28. The summed E-state index contributed by atoms with van der Waals surface area (Å²) in [6.45, 7) is 0.241. The minimum Gasteiger partial charge on any atom is -0.481 e. The highest BCUT2D eigenvalue weighted by atomic mass is 33.1. The van der Waals surface area contributed by atoms with Crippen LogP contribution < -0.4 is 16.4 Å². The fraction of sp³-hybridized carbons (Fsp3) is 0.750. The van der Waals surface area contributed by atoms with Gasteiger partial charge in [0.15, 0.2) is 0 Å². The second kappa shape index (κ2) is 16.5. The topological polar surface area (TPSA) is 199 Å². The number of thiol groups is 1. The van der Waals surface area contributed by atoms with E-state index >= 15 is 0 Å². The number of carboxylic acids is 2. The number of aliphatic carboxylic acids is 2. The Balaban J connectivity index is 4.36. The lowest BCUT2D eigenvalue weighted by Crippen LogP contribution is -2.47. The van der Waals surface area contributed by atoms with Gasteiger partial charge in [-0.2, -0.15) is 12.6 Å². The normalized spacial score (nSPS) is 14.9. The van der Waals surface area contributed by atoms with Crippen LogP contribution in [0.15, 0.2) is 0 Å². The Morgan fingerprint density at radius 2 is 1.67 bits per heavy atom. The smallest absolute Gasteiger partial charge is 0.320 e. The van der Waals surface area contributed by atoms with Crippen molar-refractivity contribution in [2.75, 3.05) is 23.8 Å². The van der Waals surface area contributed by atoms with Crippen LogP contribution in [0.1, 0.15) is 25.7 Å². The van der Waals surface area contributed by atoms with Crippen molar-refractivity contribution >= 4 is 58.0 Å². The van der Waals surface area contributed by atoms with Crippen LogP contribution in [0, 0.1) is 0 Å². The number of carbonyl (C=O) groups excluding carboxylic acids is 2. The molecule has 0 aromatic rings. The van der Waals surface area contributed by atoms with Gasteiger partial charge in [0.05, 0.1) is 12.2 Å². The number of aliphatic hydroxyl groups excluding tert-OH is 2. The van der Waals surface area contributed by atoms with E-state index in [0.717, 1.165) is 0 Å². The van der Waals surface area contributed by atoms with Crippen molar-refractivity contribution in [1.29, 1.82) is 0 Å². The molecule has 2 amide bonds. The Morgan fingerprint density at radius 1 is 1.00 bits per heavy atom. The zero-order chi connectivity index (χ0) is 23.1. The minimum atomic E-state index is -1.24. The van der Waals surface area contributed by atoms with Crippen molar-refractivity contribution < 1.29 is 39.6 Å². The molecule has 0 spiro atoms. The van der Waals surface area contributed by atoms with Crippen LogP contribution in [0.5, 0.6) is 0 Å². The summed E-state index contributed by atoms with van der Waals surface area (Å²) in [6, 6.07) is -2.27. The molecule has 0 radical (unpaired) electrons. The minimum absolute atomic E-state index is 0.115. The lowest BCUT2D eigenvalue weighted by atomic mass is 10.1. The van der Waals surface area contributed by atoms with Gasteiger partial charge in [-0.3, -0.25) is 19.2 Å². The second-order valence-electron chi connectivity index (χ2n) is 6.25. The van der Waals surface area contributed by atoms with Gasteiger partial charge in [-0.1, -0.05) is 21.6 Å². The molecule has 0 aliphatic heterocycles. The molecule has 0 aromatic carbocycles. The van der Waals surface area contributed by atoms with Gasteiger partial charge < -0.3 is 36.8 Å². The van der Waals surface area contributed by atoms with Crippen LogP contribution in [-0.2, 0) is 19.2 Å². The highest BCUT2D eigenvalue weighted by molar-refractivity contribution is 8.76. The number of carbonyl (C=O) groups is 4. The molecule has 0 saturated heterocycles. The first-order valence-corrected chi connectivity index (χ1v) is 12.2. The van der Waals surface area contributed by atoms with Crippen LogP contribution >= 0.6 is 34.2 Å². The number of hydrogen-bond acceptors (Lipinski definition) is 10. The number of aliphatic hydroxyl groups is 2. The third kappa shape index (κ3) is 13.9. The maximum Gasteiger partial charge on any atom is 0.320 e. The molecule has 0 fully saturated rings. The second-order valence-corrected chi connectivity index (χ2v) is 9.24. The largest absolute Gasteiger partial charge is 0.481 e. The van der Waals surface area contributed by atoms with E-state index in [0.29, 0.717) is 5.75 Å². The van der Waals surface area contributed by atoms with Crippen molar-refractivity contribution in [3.05, 3.63) is 0 Å². The van der Waals surface area contributed by atoms with E-state index in [4.69, 9.17) is 15.9 Å². The van der Waals surface area contributed by atoms with E-state index in [9.17, 15) is 29.4 Å². The van der Waals surface area contributed by atoms with Crippen molar-refractivity contribution in [3.63, 3.8) is 0 Å². The summed E-state index contributed by atoms with van der Waals surface area (Å²) in [7, 11) is 2.68. The van der Waals surface area contributed by atoms with Crippen molar-refractivity contribution in [2.45, 2.75) is 50.0 Å². The maximum atomic E-state index is 12.3. The third-order valence-electron chi connectivity index (χ3n) is 3.74. The molecule has 174 valence electrons. The molecular weight excluding hydrogens is 458 g/mol. The van der Waals surface area contributed by atoms with E-state index in [1.54, 1.807) is 0 Å². The summed E-state index contributed by atoms with van der Waals surface area (Å²) >= 11 is 3.89. The monoisotopic (exact) mass is 487 g/mol. The van der Waals surface area contributed by atoms with Gasteiger partial charge in [-0.05, 0) is 12.8 Å². The lowest BCUT2D eigenvalue weighted by molar-refractivity contribution is -0.140. The van der Waals surface area contributed by atoms with Crippen molar-refractivity contribution in [1.82, 2.24) is 10.6 Å². The van der Waals surface area contributed by atoms with Gasteiger partial charge in [0.25, 0.3) is 0 Å². The van der Waals surface area contributed by atoms with E-state index < -0.39 is 48.0 Å². The van der Waals surface area contributed by atoms with Gasteiger partial charge >= 0.3 is 11.9 Å². The van der Waals surface area contributed by atoms with Gasteiger partial charge in [0.1, 0.15) is 12.1 Å². The summed E-state index contributed by atoms with van der Waals surface area (Å²) in [6.07, 6.45) is -2.59. The molecular formula is C16H29N3O8S3. The SMILES string of the molecule is NC(CCC(=O)NC(CCC(=O)O)C(=O)NCCSSCC(O)C(O)CS)C(=O)O. The Labute approximate surface area is 187 Å². The van der Waals surface area contributed by atoms with Gasteiger partial charge in [-0.25, -0.2) is 0 Å². The molecule has 0 aromatic heterocycles. The highest BCUT2D eigenvalue weighted by Crippen LogP contribution is 2.22. The Morgan fingerprint density at radius 3 is 2.23 bits per heavy atom. The molecule has 30 heavy (non-hydrogen) atoms. The zero-order valence-corrected chi connectivity index (χ0v) is 18.8. The highest BCUT2D eigenvalue weighted by Gasteiger charge is 2.22. The maximum absolute atomic E-state index is 12.3. The predicted octanol–water partition coefficient (Wildman–Crippen LogP) is -1.32. The first-order chi connectivity index (χ1) is 14.1. The molecule has 14 heteroatoms. The van der Waals surface area contributed by atoms with E-state index in [1.807, 2.05) is 0 Å². The summed E-state index contributed by atoms with van der Waals surface area (Å²) < 4.78 is 0. The number of carboxylic acid groups (broad SMARTS) is 2. The standard InChI is InChI=1S/C16H29N3O8S3/c17-9(16(26)27)1-3-13(22)19-10(2-4-14(23)24)15(25)18-5-6-29-30-8-12(21)11(20)7-28/h9-12,20-21,28H,1-8,17H2,(H,18,25)(H,19,22)(H,23,24)(H,26,27). The van der Waals surface area contributed by atoms with Gasteiger partial charge in [0.2, 0.25) is 11.8 Å². The van der Waals surface area contributed by atoms with Crippen LogP contribution in [0.2, 0.25) is 0 Å². The average Bonchev–Trinajstić information content (AvgIpc) is 2.70. The van der Waals surface area contributed by atoms with Gasteiger partial charge in [-0.15, -0.1) is 0 Å². The Hall–Kier alpha value is -1.19. The molecule has 4 atom stereocenters. The molecule has 4 unspecified atom stereocenters. The zero-order valence-electron chi connectivity index (χ0n) is 16.2. The fourth-order valence-electron chi connectivity index (χ4n) is 1.96. The number of amides is 2.